The second kappa shape index (κ2) is 7.13. The van der Waals surface area contributed by atoms with Gasteiger partial charge < -0.3 is 10.1 Å². The van der Waals surface area contributed by atoms with Crippen molar-refractivity contribution in [1.82, 2.24) is 10.2 Å². The first-order chi connectivity index (χ1) is 9.96. The van der Waals surface area contributed by atoms with Gasteiger partial charge in [-0.3, -0.25) is 4.90 Å². The van der Waals surface area contributed by atoms with Crippen LogP contribution in [-0.2, 0) is 6.54 Å². The number of methoxy groups -OCH3 is 1. The molecular weight excluding hydrogens is 281 g/mol. The largest absolute Gasteiger partial charge is 0.497 e. The molecule has 3 nitrogen and oxygen atoms in total. The topological polar surface area (TPSA) is 24.5 Å². The van der Waals surface area contributed by atoms with E-state index in [0.717, 1.165) is 24.2 Å². The molecule has 0 bridgehead atoms. The Bertz CT molecular complexity index is 443. The van der Waals surface area contributed by atoms with E-state index in [1.165, 1.54) is 4.90 Å². The van der Waals surface area contributed by atoms with Gasteiger partial charge in [-0.25, -0.2) is 0 Å². The minimum absolute atomic E-state index is 0.278. The van der Waals surface area contributed by atoms with Crippen LogP contribution in [0.15, 0.2) is 24.3 Å². The van der Waals surface area contributed by atoms with Gasteiger partial charge in [-0.15, -0.1) is 0 Å². The molecule has 0 atom stereocenters. The Morgan fingerprint density at radius 2 is 2.00 bits per heavy atom. The van der Waals surface area contributed by atoms with Crippen LogP contribution in [0.3, 0.4) is 0 Å². The number of alkyl halides is 3. The number of ether oxygens (including phenoxy) is 1. The van der Waals surface area contributed by atoms with Crippen LogP contribution >= 0.6 is 0 Å². The lowest BCUT2D eigenvalue weighted by molar-refractivity contribution is -0.148. The van der Waals surface area contributed by atoms with Gasteiger partial charge in [0.2, 0.25) is 0 Å². The van der Waals surface area contributed by atoms with E-state index in [-0.39, 0.29) is 6.04 Å². The van der Waals surface area contributed by atoms with Crippen LogP contribution in [0.1, 0.15) is 18.4 Å². The molecule has 1 aromatic carbocycles. The summed E-state index contributed by atoms with van der Waals surface area (Å²) in [6, 6.07) is 8.07. The fourth-order valence-corrected chi connectivity index (χ4v) is 2.59. The highest BCUT2D eigenvalue weighted by atomic mass is 19.4. The monoisotopic (exact) mass is 302 g/mol. The second-order valence-corrected chi connectivity index (χ2v) is 5.40. The maximum absolute atomic E-state index is 12.3. The minimum Gasteiger partial charge on any atom is -0.497 e. The van der Waals surface area contributed by atoms with Crippen molar-refractivity contribution < 1.29 is 17.9 Å². The predicted molar refractivity (Wildman–Crippen MR) is 75.4 cm³/mol. The molecule has 21 heavy (non-hydrogen) atoms. The lowest BCUT2D eigenvalue weighted by atomic mass is 10.0. The van der Waals surface area contributed by atoms with Gasteiger partial charge in [0, 0.05) is 12.6 Å². The molecule has 118 valence electrons. The summed E-state index contributed by atoms with van der Waals surface area (Å²) in [6.07, 6.45) is -2.60. The number of benzene rings is 1. The molecule has 0 saturated carbocycles. The number of hydrogen-bond acceptors (Lipinski definition) is 3. The third kappa shape index (κ3) is 5.55. The minimum atomic E-state index is -4.10. The summed E-state index contributed by atoms with van der Waals surface area (Å²) in [7, 11) is 1.63. The summed E-state index contributed by atoms with van der Waals surface area (Å²) in [5.74, 6) is 0.814. The van der Waals surface area contributed by atoms with Gasteiger partial charge in [0.25, 0.3) is 0 Å². The summed E-state index contributed by atoms with van der Waals surface area (Å²) in [6.45, 7) is 0.904. The van der Waals surface area contributed by atoms with E-state index in [0.29, 0.717) is 19.6 Å². The normalized spacial score (nSPS) is 17.9. The fourth-order valence-electron chi connectivity index (χ4n) is 2.59. The van der Waals surface area contributed by atoms with Crippen molar-refractivity contribution in [2.24, 2.45) is 0 Å². The van der Waals surface area contributed by atoms with Gasteiger partial charge in [-0.05, 0) is 43.6 Å². The maximum Gasteiger partial charge on any atom is 0.401 e. The van der Waals surface area contributed by atoms with E-state index in [1.54, 1.807) is 7.11 Å². The van der Waals surface area contributed by atoms with E-state index in [1.807, 2.05) is 24.3 Å². The first-order valence-corrected chi connectivity index (χ1v) is 7.12. The Hall–Kier alpha value is -1.27. The zero-order valence-corrected chi connectivity index (χ0v) is 12.1. The Balaban J connectivity index is 1.73. The Morgan fingerprint density at radius 3 is 2.62 bits per heavy atom. The molecule has 1 heterocycles. The molecule has 1 fully saturated rings. The molecular formula is C15H21F3N2O. The van der Waals surface area contributed by atoms with Crippen LogP contribution in [0.2, 0.25) is 0 Å². The number of hydrogen-bond donors (Lipinski definition) is 1. The van der Waals surface area contributed by atoms with Gasteiger partial charge >= 0.3 is 6.18 Å². The van der Waals surface area contributed by atoms with Crippen molar-refractivity contribution in [2.45, 2.75) is 31.6 Å². The second-order valence-electron chi connectivity index (χ2n) is 5.40. The number of likely N-dealkylation sites (tertiary alicyclic amines) is 1. The molecule has 0 radical (unpaired) electrons. The lowest BCUT2D eigenvalue weighted by Gasteiger charge is -2.32. The summed E-state index contributed by atoms with van der Waals surface area (Å²) in [5, 5.41) is 3.41. The van der Waals surface area contributed by atoms with Gasteiger partial charge in [-0.2, -0.15) is 13.2 Å². The van der Waals surface area contributed by atoms with Crippen LogP contribution < -0.4 is 10.1 Å². The molecule has 0 aromatic heterocycles. The molecule has 1 saturated heterocycles. The van der Waals surface area contributed by atoms with E-state index < -0.39 is 12.7 Å². The Kier molecular flexibility index (Phi) is 5.47. The van der Waals surface area contributed by atoms with E-state index in [9.17, 15) is 13.2 Å². The van der Waals surface area contributed by atoms with Crippen molar-refractivity contribution in [3.05, 3.63) is 29.8 Å². The first kappa shape index (κ1) is 16.1. The summed E-state index contributed by atoms with van der Waals surface area (Å²) in [4.78, 5) is 1.48. The number of nitrogens with zero attached hydrogens (tertiary/aromatic N) is 1. The molecule has 2 rings (SSSR count). The standard InChI is InChI=1S/C15H21F3N2O/c1-21-14-4-2-3-12(9-14)10-19-13-5-7-20(8-6-13)11-15(16,17)18/h2-4,9,13,19H,5-8,10-11H2,1H3. The van der Waals surface area contributed by atoms with Crippen molar-refractivity contribution >= 4 is 0 Å². The Morgan fingerprint density at radius 1 is 1.29 bits per heavy atom. The number of nitrogens with one attached hydrogen (secondary N) is 1. The summed E-state index contributed by atoms with van der Waals surface area (Å²) < 4.78 is 42.1. The first-order valence-electron chi connectivity index (χ1n) is 7.12. The third-order valence-corrected chi connectivity index (χ3v) is 3.72. The van der Waals surface area contributed by atoms with Gasteiger partial charge in [0.1, 0.15) is 5.75 Å². The number of piperidine rings is 1. The molecule has 0 unspecified atom stereocenters. The molecule has 1 N–H and O–H groups in total. The lowest BCUT2D eigenvalue weighted by Crippen LogP contribution is -2.45. The van der Waals surface area contributed by atoms with Crippen molar-refractivity contribution in [3.63, 3.8) is 0 Å². The SMILES string of the molecule is COc1cccc(CNC2CCN(CC(F)(F)F)CC2)c1. The van der Waals surface area contributed by atoms with Crippen molar-refractivity contribution in [2.75, 3.05) is 26.7 Å². The van der Waals surface area contributed by atoms with Crippen LogP contribution in [0.4, 0.5) is 13.2 Å². The highest BCUT2D eigenvalue weighted by molar-refractivity contribution is 5.28. The molecule has 0 amide bonds. The van der Waals surface area contributed by atoms with Crippen LogP contribution in [0.5, 0.6) is 5.75 Å². The van der Waals surface area contributed by atoms with Gasteiger partial charge in [-0.1, -0.05) is 12.1 Å². The molecule has 1 aliphatic rings. The van der Waals surface area contributed by atoms with Crippen LogP contribution in [-0.4, -0.2) is 43.9 Å². The van der Waals surface area contributed by atoms with E-state index in [4.69, 9.17) is 4.74 Å². The highest BCUT2D eigenvalue weighted by Gasteiger charge is 2.32. The molecule has 1 aromatic rings. The van der Waals surface area contributed by atoms with E-state index >= 15 is 0 Å². The van der Waals surface area contributed by atoms with Crippen LogP contribution in [0, 0.1) is 0 Å². The average Bonchev–Trinajstić information content (AvgIpc) is 2.45. The highest BCUT2D eigenvalue weighted by Crippen LogP contribution is 2.20. The molecule has 0 spiro atoms. The van der Waals surface area contributed by atoms with Crippen LogP contribution in [0.25, 0.3) is 0 Å². The average molecular weight is 302 g/mol. The van der Waals surface area contributed by atoms with Crippen molar-refractivity contribution in [3.8, 4) is 5.75 Å². The summed E-state index contributed by atoms with van der Waals surface area (Å²) in [5.41, 5.74) is 1.12. The zero-order valence-electron chi connectivity index (χ0n) is 12.1. The molecule has 0 aliphatic carbocycles. The quantitative estimate of drug-likeness (QED) is 0.905. The maximum atomic E-state index is 12.3. The van der Waals surface area contributed by atoms with E-state index in [2.05, 4.69) is 5.32 Å². The van der Waals surface area contributed by atoms with Gasteiger partial charge in [0.15, 0.2) is 0 Å². The van der Waals surface area contributed by atoms with Gasteiger partial charge in [0.05, 0.1) is 13.7 Å². The zero-order chi connectivity index (χ0) is 15.3. The number of rotatable bonds is 5. The smallest absolute Gasteiger partial charge is 0.401 e. The number of halogens is 3. The molecule has 6 heteroatoms. The Labute approximate surface area is 123 Å². The predicted octanol–water partition coefficient (Wildman–Crippen LogP) is 2.81. The van der Waals surface area contributed by atoms with Crippen molar-refractivity contribution in [1.29, 1.82) is 0 Å². The fraction of sp³-hybridized carbons (Fsp3) is 0.600. The summed E-state index contributed by atoms with van der Waals surface area (Å²) >= 11 is 0. The third-order valence-electron chi connectivity index (χ3n) is 3.72. The molecule has 1 aliphatic heterocycles.